The van der Waals surface area contributed by atoms with Crippen LogP contribution in [0.5, 0.6) is 0 Å². The second-order valence-corrected chi connectivity index (χ2v) is 18.7. The molecule has 0 spiro atoms. The maximum Gasteiger partial charge on any atom is 0.160 e. The number of nitrogens with zero attached hydrogens (tertiary/aromatic N) is 2. The Morgan fingerprint density at radius 2 is 0.806 bits per heavy atom. The van der Waals surface area contributed by atoms with E-state index in [0.29, 0.717) is 0 Å². The van der Waals surface area contributed by atoms with Crippen molar-refractivity contribution in [1.82, 2.24) is 0 Å². The van der Waals surface area contributed by atoms with Gasteiger partial charge in [0.2, 0.25) is 0 Å². The third kappa shape index (κ3) is 6.37. The molecule has 9 aromatic carbocycles. The lowest BCUT2D eigenvalue weighted by Crippen LogP contribution is -2.13. The summed E-state index contributed by atoms with van der Waals surface area (Å²) < 4.78 is 14.0. The molecule has 0 N–H and O–H groups in total. The molecule has 0 saturated carbocycles. The van der Waals surface area contributed by atoms with E-state index < -0.39 is 0 Å². The van der Waals surface area contributed by atoms with Gasteiger partial charge >= 0.3 is 0 Å². The van der Waals surface area contributed by atoms with E-state index in [1.54, 1.807) is 0 Å². The fraction of sp³-hybridized carbons (Fsp3) is 0.138. The molecule has 0 atom stereocenters. The molecule has 0 bridgehead atoms. The molecule has 0 fully saturated rings. The van der Waals surface area contributed by atoms with Gasteiger partial charge in [-0.2, -0.15) is 0 Å². The number of anilines is 6. The zero-order chi connectivity index (χ0) is 42.3. The minimum atomic E-state index is 0.0180. The van der Waals surface area contributed by atoms with Crippen LogP contribution in [0, 0.1) is 0 Å². The Bertz CT molecular complexity index is 3490. The summed E-state index contributed by atoms with van der Waals surface area (Å²) in [5.41, 5.74) is 12.1. The molecule has 0 aliphatic carbocycles. The molecule has 11 aromatic rings. The van der Waals surface area contributed by atoms with Crippen molar-refractivity contribution in [1.29, 1.82) is 0 Å². The Kier molecular flexibility index (Phi) is 8.59. The summed E-state index contributed by atoms with van der Waals surface area (Å²) >= 11 is 0. The zero-order valence-electron chi connectivity index (χ0n) is 36.0. The van der Waals surface area contributed by atoms with Crippen LogP contribution in [-0.4, -0.2) is 0 Å². The fourth-order valence-corrected chi connectivity index (χ4v) is 9.16. The van der Waals surface area contributed by atoms with Crippen LogP contribution in [-0.2, 0) is 10.8 Å². The summed E-state index contributed by atoms with van der Waals surface area (Å²) in [6.45, 7) is 13.5. The van der Waals surface area contributed by atoms with E-state index in [0.717, 1.165) is 78.0 Å². The number of hydrogen-bond acceptors (Lipinski definition) is 4. The van der Waals surface area contributed by atoms with Gasteiger partial charge in [0, 0.05) is 62.1 Å². The monoisotopic (exact) mass is 804 g/mol. The summed E-state index contributed by atoms with van der Waals surface area (Å²) in [4.78, 5) is 4.66. The van der Waals surface area contributed by atoms with Gasteiger partial charge in [-0.05, 0) is 110 Å². The molecule has 4 heteroatoms. The molecule has 0 radical (unpaired) electrons. The molecular formula is C58H48N2O2. The Morgan fingerprint density at radius 1 is 0.339 bits per heavy atom. The van der Waals surface area contributed by atoms with Gasteiger partial charge < -0.3 is 18.6 Å². The molecule has 2 heterocycles. The Hall–Kier alpha value is -7.30. The van der Waals surface area contributed by atoms with E-state index in [2.05, 4.69) is 227 Å². The van der Waals surface area contributed by atoms with E-state index >= 15 is 0 Å². The van der Waals surface area contributed by atoms with Crippen LogP contribution < -0.4 is 9.80 Å². The number of fused-ring (bicyclic) bond motifs is 9. The third-order valence-electron chi connectivity index (χ3n) is 12.5. The highest BCUT2D eigenvalue weighted by Crippen LogP contribution is 2.49. The smallest absolute Gasteiger partial charge is 0.160 e. The summed E-state index contributed by atoms with van der Waals surface area (Å²) in [7, 11) is 0. The first kappa shape index (κ1) is 37.7. The van der Waals surface area contributed by atoms with Crippen LogP contribution in [0.4, 0.5) is 34.1 Å². The number of rotatable bonds is 6. The van der Waals surface area contributed by atoms with E-state index in [-0.39, 0.29) is 10.8 Å². The quantitative estimate of drug-likeness (QED) is 0.168. The largest absolute Gasteiger partial charge is 0.456 e. The Morgan fingerprint density at radius 3 is 1.40 bits per heavy atom. The highest BCUT2D eigenvalue weighted by atomic mass is 16.3. The third-order valence-corrected chi connectivity index (χ3v) is 12.5. The molecule has 302 valence electrons. The van der Waals surface area contributed by atoms with Crippen LogP contribution in [0.15, 0.2) is 191 Å². The number of hydrogen-bond donors (Lipinski definition) is 0. The zero-order valence-corrected chi connectivity index (χ0v) is 36.0. The summed E-state index contributed by atoms with van der Waals surface area (Å²) in [6.07, 6.45) is 0. The van der Waals surface area contributed by atoms with Crippen molar-refractivity contribution in [2.75, 3.05) is 9.80 Å². The van der Waals surface area contributed by atoms with Crippen LogP contribution in [0.3, 0.4) is 0 Å². The van der Waals surface area contributed by atoms with Crippen LogP contribution >= 0.6 is 0 Å². The van der Waals surface area contributed by atoms with Crippen LogP contribution in [0.25, 0.3) is 65.4 Å². The van der Waals surface area contributed by atoms with Gasteiger partial charge in [-0.25, -0.2) is 0 Å². The number of benzene rings is 9. The molecule has 0 saturated heterocycles. The predicted octanol–water partition coefficient (Wildman–Crippen LogP) is 17.3. The van der Waals surface area contributed by atoms with E-state index in [1.807, 2.05) is 6.07 Å². The minimum Gasteiger partial charge on any atom is -0.456 e. The van der Waals surface area contributed by atoms with Crippen molar-refractivity contribution >= 4 is 99.5 Å². The molecule has 2 aromatic heterocycles. The van der Waals surface area contributed by atoms with Crippen molar-refractivity contribution in [3.8, 4) is 0 Å². The summed E-state index contributed by atoms with van der Waals surface area (Å²) in [6, 6.07) is 65.6. The standard InChI is InChI=1S/C58H48N2O2/c1-57(2,3)41-21-27-43(28-22-41)59(45-25-19-37-13-7-9-15-39(37)33-45)47-31-32-49-52(35-47)61-53-36-50(56-55(54(49)53)48-17-11-12-18-51(48)62-56)60(44-29-23-42(24-30-44)58(4,5)6)46-26-20-38-14-8-10-16-40(38)34-46/h7-36H,1-6H3. The average Bonchev–Trinajstić information content (AvgIpc) is 3.84. The van der Waals surface area contributed by atoms with E-state index in [9.17, 15) is 0 Å². The van der Waals surface area contributed by atoms with Crippen LogP contribution in [0.2, 0.25) is 0 Å². The van der Waals surface area contributed by atoms with Crippen molar-refractivity contribution in [2.45, 2.75) is 52.4 Å². The molecule has 0 amide bonds. The van der Waals surface area contributed by atoms with Gasteiger partial charge in [0.25, 0.3) is 0 Å². The first-order valence-corrected chi connectivity index (χ1v) is 21.6. The molecule has 0 unspecified atom stereocenters. The van der Waals surface area contributed by atoms with Crippen molar-refractivity contribution < 1.29 is 8.83 Å². The normalized spacial score (nSPS) is 12.4. The van der Waals surface area contributed by atoms with Gasteiger partial charge in [-0.15, -0.1) is 0 Å². The van der Waals surface area contributed by atoms with E-state index in [4.69, 9.17) is 8.83 Å². The predicted molar refractivity (Wildman–Crippen MR) is 263 cm³/mol. The molecular weight excluding hydrogens is 757 g/mol. The highest BCUT2D eigenvalue weighted by molar-refractivity contribution is 6.29. The maximum atomic E-state index is 7.08. The number of furan rings is 2. The lowest BCUT2D eigenvalue weighted by atomic mass is 9.87. The molecule has 0 aliphatic heterocycles. The maximum absolute atomic E-state index is 7.08. The minimum absolute atomic E-state index is 0.0180. The second-order valence-electron chi connectivity index (χ2n) is 18.7. The van der Waals surface area contributed by atoms with Gasteiger partial charge in [-0.3, -0.25) is 0 Å². The lowest BCUT2D eigenvalue weighted by molar-refractivity contribution is 0.590. The van der Waals surface area contributed by atoms with E-state index in [1.165, 1.54) is 32.7 Å². The SMILES string of the molecule is CC(C)(C)c1ccc(N(c2ccc3ccccc3c2)c2ccc3c(c2)oc2cc(N(c4ccc(C(C)(C)C)cc4)c4ccc5ccccc5c4)c4oc5ccccc5c4c23)cc1. The lowest BCUT2D eigenvalue weighted by Gasteiger charge is -2.27. The first-order valence-electron chi connectivity index (χ1n) is 21.6. The van der Waals surface area contributed by atoms with Gasteiger partial charge in [0.1, 0.15) is 16.7 Å². The first-order chi connectivity index (χ1) is 30.0. The van der Waals surface area contributed by atoms with Crippen LogP contribution in [0.1, 0.15) is 52.7 Å². The molecule has 11 rings (SSSR count). The fourth-order valence-electron chi connectivity index (χ4n) is 9.16. The second kappa shape index (κ2) is 14.1. The van der Waals surface area contributed by atoms with Crippen molar-refractivity contribution in [3.05, 3.63) is 193 Å². The Balaban J connectivity index is 1.15. The van der Waals surface area contributed by atoms with Gasteiger partial charge in [0.05, 0.1) is 5.69 Å². The van der Waals surface area contributed by atoms with Crippen molar-refractivity contribution in [3.63, 3.8) is 0 Å². The molecule has 0 aliphatic rings. The van der Waals surface area contributed by atoms with Gasteiger partial charge in [-0.1, -0.05) is 145 Å². The topological polar surface area (TPSA) is 32.8 Å². The molecule has 4 nitrogen and oxygen atoms in total. The number of para-hydroxylation sites is 1. The Labute approximate surface area is 362 Å². The average molecular weight is 805 g/mol. The molecule has 62 heavy (non-hydrogen) atoms. The summed E-state index contributed by atoms with van der Waals surface area (Å²) in [5.74, 6) is 0. The van der Waals surface area contributed by atoms with Crippen molar-refractivity contribution in [2.24, 2.45) is 0 Å². The van der Waals surface area contributed by atoms with Gasteiger partial charge in [0.15, 0.2) is 5.58 Å². The summed E-state index contributed by atoms with van der Waals surface area (Å²) in [5, 5.41) is 8.95. The highest BCUT2D eigenvalue weighted by Gasteiger charge is 2.26.